The van der Waals surface area contributed by atoms with Gasteiger partial charge in [-0.25, -0.2) is 0 Å². The third-order valence-electron chi connectivity index (χ3n) is 3.85. The highest BCUT2D eigenvalue weighted by molar-refractivity contribution is 5.77. The molecule has 0 saturated carbocycles. The van der Waals surface area contributed by atoms with Crippen LogP contribution < -0.4 is 9.47 Å². The normalized spacial score (nSPS) is 10.9. The largest absolute Gasteiger partial charge is 0.490 e. The predicted octanol–water partition coefficient (Wildman–Crippen LogP) is 4.01. The molecule has 28 heavy (non-hydrogen) atoms. The minimum atomic E-state index is -4.40. The number of hydrogen-bond acceptors (Lipinski definition) is 4. The molecule has 8 heteroatoms. The van der Waals surface area contributed by atoms with Crippen molar-refractivity contribution in [3.05, 3.63) is 59.2 Å². The van der Waals surface area contributed by atoms with Crippen LogP contribution in [0.3, 0.4) is 0 Å². The van der Waals surface area contributed by atoms with Crippen molar-refractivity contribution in [2.75, 3.05) is 20.3 Å². The van der Waals surface area contributed by atoms with E-state index < -0.39 is 11.7 Å². The average molecular weight is 392 g/mol. The van der Waals surface area contributed by atoms with Crippen LogP contribution in [0.5, 0.6) is 11.5 Å². The fourth-order valence-electron chi connectivity index (χ4n) is 2.38. The second-order valence-electron chi connectivity index (χ2n) is 5.94. The molecule has 0 aromatic heterocycles. The second-order valence-corrected chi connectivity index (χ2v) is 5.94. The van der Waals surface area contributed by atoms with E-state index in [0.717, 1.165) is 12.1 Å². The fourth-order valence-corrected chi connectivity index (χ4v) is 2.38. The van der Waals surface area contributed by atoms with Gasteiger partial charge in [0.1, 0.15) is 0 Å². The van der Waals surface area contributed by atoms with Gasteiger partial charge in [-0.15, -0.1) is 0 Å². The maximum atomic E-state index is 12.6. The lowest BCUT2D eigenvalue weighted by Gasteiger charge is -2.19. The van der Waals surface area contributed by atoms with E-state index in [1.54, 1.807) is 19.1 Å². The van der Waals surface area contributed by atoms with Crippen LogP contribution in [0.2, 0.25) is 0 Å². The van der Waals surface area contributed by atoms with Gasteiger partial charge in [0.05, 0.1) is 23.8 Å². The van der Waals surface area contributed by atoms with Crippen LogP contribution in [-0.2, 0) is 17.5 Å². The van der Waals surface area contributed by atoms with Crippen molar-refractivity contribution in [1.82, 2.24) is 4.90 Å². The summed E-state index contributed by atoms with van der Waals surface area (Å²) in [4.78, 5) is 13.6. The van der Waals surface area contributed by atoms with Gasteiger partial charge < -0.3 is 14.4 Å². The molecular formula is C20H19F3N2O3. The van der Waals surface area contributed by atoms with Gasteiger partial charge in [-0.3, -0.25) is 4.79 Å². The summed E-state index contributed by atoms with van der Waals surface area (Å²) in [6, 6.07) is 11.2. The molecule has 1 amide bonds. The van der Waals surface area contributed by atoms with Gasteiger partial charge in [-0.1, -0.05) is 12.1 Å². The van der Waals surface area contributed by atoms with Crippen molar-refractivity contribution >= 4 is 5.91 Å². The first-order valence-corrected chi connectivity index (χ1v) is 8.44. The highest BCUT2D eigenvalue weighted by atomic mass is 19.4. The average Bonchev–Trinajstić information content (AvgIpc) is 2.66. The Morgan fingerprint density at radius 3 is 2.36 bits per heavy atom. The van der Waals surface area contributed by atoms with E-state index in [2.05, 4.69) is 0 Å². The van der Waals surface area contributed by atoms with Gasteiger partial charge in [0, 0.05) is 19.7 Å². The molecule has 0 aliphatic heterocycles. The number of carbonyl (C=O) groups excluding carboxylic acids is 1. The van der Waals surface area contributed by atoms with Gasteiger partial charge in [0.15, 0.2) is 18.1 Å². The summed E-state index contributed by atoms with van der Waals surface area (Å²) < 4.78 is 48.7. The molecule has 2 aromatic rings. The highest BCUT2D eigenvalue weighted by Crippen LogP contribution is 2.30. The van der Waals surface area contributed by atoms with Crippen LogP contribution >= 0.6 is 0 Å². The third kappa shape index (κ3) is 5.64. The molecule has 148 valence electrons. The van der Waals surface area contributed by atoms with E-state index in [1.807, 2.05) is 6.07 Å². The van der Waals surface area contributed by atoms with E-state index in [4.69, 9.17) is 14.7 Å². The molecule has 0 heterocycles. The van der Waals surface area contributed by atoms with E-state index in [1.165, 1.54) is 30.1 Å². The quantitative estimate of drug-likeness (QED) is 0.714. The molecule has 0 spiro atoms. The Morgan fingerprint density at radius 2 is 1.79 bits per heavy atom. The standard InChI is InChI=1S/C20H19F3N2O3/c1-3-27-18-10-15(11-24)6-9-17(18)28-13-19(26)25(2)12-14-4-7-16(8-5-14)20(21,22)23/h4-10H,3,12-13H2,1-2H3. The van der Waals surface area contributed by atoms with Crippen LogP contribution in [-0.4, -0.2) is 31.1 Å². The van der Waals surface area contributed by atoms with E-state index in [0.29, 0.717) is 29.2 Å². The minimum absolute atomic E-state index is 0.145. The summed E-state index contributed by atoms with van der Waals surface area (Å²) >= 11 is 0. The SMILES string of the molecule is CCOc1cc(C#N)ccc1OCC(=O)N(C)Cc1ccc(C(F)(F)F)cc1. The van der Waals surface area contributed by atoms with Crippen LogP contribution in [0, 0.1) is 11.3 Å². The zero-order valence-electron chi connectivity index (χ0n) is 15.4. The Morgan fingerprint density at radius 1 is 1.11 bits per heavy atom. The predicted molar refractivity (Wildman–Crippen MR) is 95.7 cm³/mol. The number of ether oxygens (including phenoxy) is 2. The van der Waals surface area contributed by atoms with Gasteiger partial charge in [-0.05, 0) is 36.8 Å². The van der Waals surface area contributed by atoms with Crippen molar-refractivity contribution in [1.29, 1.82) is 5.26 Å². The zero-order valence-corrected chi connectivity index (χ0v) is 15.4. The Balaban J connectivity index is 1.97. The van der Waals surface area contributed by atoms with Crippen molar-refractivity contribution in [3.63, 3.8) is 0 Å². The number of hydrogen-bond donors (Lipinski definition) is 0. The molecule has 0 fully saturated rings. The number of nitrogens with zero attached hydrogens (tertiary/aromatic N) is 2. The van der Waals surface area contributed by atoms with Gasteiger partial charge >= 0.3 is 6.18 Å². The van der Waals surface area contributed by atoms with E-state index in [9.17, 15) is 18.0 Å². The first kappa shape index (κ1) is 21.1. The number of halogens is 3. The van der Waals surface area contributed by atoms with Crippen molar-refractivity contribution < 1.29 is 27.4 Å². The summed E-state index contributed by atoms with van der Waals surface area (Å²) in [7, 11) is 1.53. The number of rotatable bonds is 7. The number of benzene rings is 2. The molecule has 0 atom stereocenters. The molecule has 0 unspecified atom stereocenters. The Kier molecular flexibility index (Phi) is 6.88. The molecule has 2 rings (SSSR count). The number of carbonyl (C=O) groups is 1. The first-order valence-electron chi connectivity index (χ1n) is 8.44. The van der Waals surface area contributed by atoms with Crippen LogP contribution in [0.1, 0.15) is 23.6 Å². The van der Waals surface area contributed by atoms with E-state index in [-0.39, 0.29) is 19.1 Å². The first-order chi connectivity index (χ1) is 13.2. The minimum Gasteiger partial charge on any atom is -0.490 e. The van der Waals surface area contributed by atoms with Gasteiger partial charge in [-0.2, -0.15) is 18.4 Å². The summed E-state index contributed by atoms with van der Waals surface area (Å²) in [6.45, 7) is 2.02. The Hall–Kier alpha value is -3.21. The topological polar surface area (TPSA) is 62.6 Å². The van der Waals surface area contributed by atoms with Gasteiger partial charge in [0.25, 0.3) is 5.91 Å². The summed E-state index contributed by atoms with van der Waals surface area (Å²) in [6.07, 6.45) is -4.40. The molecule has 0 radical (unpaired) electrons. The van der Waals surface area contributed by atoms with Crippen molar-refractivity contribution in [2.24, 2.45) is 0 Å². The lowest BCUT2D eigenvalue weighted by atomic mass is 10.1. The van der Waals surface area contributed by atoms with Crippen molar-refractivity contribution in [3.8, 4) is 17.6 Å². The number of nitriles is 1. The Labute approximate surface area is 160 Å². The highest BCUT2D eigenvalue weighted by Gasteiger charge is 2.30. The molecule has 0 N–H and O–H groups in total. The van der Waals surface area contributed by atoms with Gasteiger partial charge in [0.2, 0.25) is 0 Å². The third-order valence-corrected chi connectivity index (χ3v) is 3.85. The van der Waals surface area contributed by atoms with Crippen LogP contribution in [0.4, 0.5) is 13.2 Å². The lowest BCUT2D eigenvalue weighted by Crippen LogP contribution is -2.31. The number of likely N-dealkylation sites (N-methyl/N-ethyl adjacent to an activating group) is 1. The smallest absolute Gasteiger partial charge is 0.416 e. The molecule has 5 nitrogen and oxygen atoms in total. The fraction of sp³-hybridized carbons (Fsp3) is 0.300. The summed E-state index contributed by atoms with van der Waals surface area (Å²) in [5.41, 5.74) is 0.233. The summed E-state index contributed by atoms with van der Waals surface area (Å²) in [5, 5.41) is 8.94. The maximum absolute atomic E-state index is 12.6. The molecule has 0 aliphatic carbocycles. The Bertz CT molecular complexity index is 858. The zero-order chi connectivity index (χ0) is 20.7. The molecule has 2 aromatic carbocycles. The van der Waals surface area contributed by atoms with Crippen LogP contribution in [0.25, 0.3) is 0 Å². The molecule has 0 bridgehead atoms. The van der Waals surface area contributed by atoms with Crippen molar-refractivity contribution in [2.45, 2.75) is 19.6 Å². The van der Waals surface area contributed by atoms with Crippen LogP contribution in [0.15, 0.2) is 42.5 Å². The lowest BCUT2D eigenvalue weighted by molar-refractivity contribution is -0.137. The summed E-state index contributed by atoms with van der Waals surface area (Å²) in [5.74, 6) is 0.337. The molecular weight excluding hydrogens is 373 g/mol. The molecule has 0 saturated heterocycles. The molecule has 0 aliphatic rings. The maximum Gasteiger partial charge on any atom is 0.416 e. The number of amides is 1. The monoisotopic (exact) mass is 392 g/mol. The second kappa shape index (κ2) is 9.13. The van der Waals surface area contributed by atoms with E-state index >= 15 is 0 Å². The number of alkyl halides is 3.